The maximum atomic E-state index is 11.5. The van der Waals surface area contributed by atoms with E-state index in [1.165, 1.54) is 38.5 Å². The van der Waals surface area contributed by atoms with Crippen molar-refractivity contribution in [2.45, 2.75) is 72.1 Å². The molecule has 0 radical (unpaired) electrons. The van der Waals surface area contributed by atoms with Crippen LogP contribution in [0.15, 0.2) is 0 Å². The summed E-state index contributed by atoms with van der Waals surface area (Å²) >= 11 is 6.47. The highest BCUT2D eigenvalue weighted by atomic mass is 32.2. The molecule has 0 heterocycles. The summed E-state index contributed by atoms with van der Waals surface area (Å²) in [4.78, 5) is 13.7. The molecule has 0 aromatic heterocycles. The lowest BCUT2D eigenvalue weighted by Crippen LogP contribution is -2.30. The van der Waals surface area contributed by atoms with Crippen molar-refractivity contribution in [2.75, 3.05) is 19.7 Å². The van der Waals surface area contributed by atoms with Crippen molar-refractivity contribution in [1.29, 1.82) is 0 Å². The zero-order chi connectivity index (χ0) is 15.9. The summed E-state index contributed by atoms with van der Waals surface area (Å²) < 4.78 is 5.63. The molecule has 3 nitrogen and oxygen atoms in total. The van der Waals surface area contributed by atoms with E-state index in [2.05, 4.69) is 18.7 Å². The molecule has 21 heavy (non-hydrogen) atoms. The minimum atomic E-state index is -0.283. The van der Waals surface area contributed by atoms with Crippen LogP contribution in [0.25, 0.3) is 0 Å². The van der Waals surface area contributed by atoms with Gasteiger partial charge < -0.3 is 9.64 Å². The maximum Gasteiger partial charge on any atom is 0.374 e. The Morgan fingerprint density at radius 1 is 0.952 bits per heavy atom. The highest BCUT2D eigenvalue weighted by molar-refractivity contribution is 8.32. The van der Waals surface area contributed by atoms with E-state index in [4.69, 9.17) is 17.0 Å². The van der Waals surface area contributed by atoms with Crippen LogP contribution in [0, 0.1) is 0 Å². The monoisotopic (exact) mass is 333 g/mol. The summed E-state index contributed by atoms with van der Waals surface area (Å²) in [5.41, 5.74) is 0. The van der Waals surface area contributed by atoms with E-state index in [1.807, 2.05) is 6.92 Å². The number of nitrogens with zero attached hydrogens (tertiary/aromatic N) is 1. The highest BCUT2D eigenvalue weighted by Crippen LogP contribution is 2.15. The van der Waals surface area contributed by atoms with Gasteiger partial charge in [-0.3, -0.25) is 0 Å². The SMILES string of the molecule is CCCCCCN(CCCCCC)C(=S)SC(=O)OCC. The van der Waals surface area contributed by atoms with Crippen LogP contribution in [0.3, 0.4) is 0 Å². The van der Waals surface area contributed by atoms with Gasteiger partial charge in [-0.05, 0) is 19.8 Å². The molecule has 0 aromatic carbocycles. The second-order valence-electron chi connectivity index (χ2n) is 5.16. The van der Waals surface area contributed by atoms with E-state index in [0.29, 0.717) is 10.9 Å². The average molecular weight is 334 g/mol. The second kappa shape index (κ2) is 14.6. The topological polar surface area (TPSA) is 29.5 Å². The molecular formula is C16H31NO2S2. The normalized spacial score (nSPS) is 10.4. The van der Waals surface area contributed by atoms with E-state index < -0.39 is 0 Å². The van der Waals surface area contributed by atoms with Crippen LogP contribution in [-0.2, 0) is 4.74 Å². The molecule has 5 heteroatoms. The van der Waals surface area contributed by atoms with Gasteiger partial charge in [0.1, 0.15) is 4.32 Å². The van der Waals surface area contributed by atoms with Gasteiger partial charge in [0.2, 0.25) is 0 Å². The standard InChI is InChI=1S/C16H31NO2S2/c1-4-7-9-11-13-17(14-12-10-8-5-2)15(20)21-16(18)19-6-3/h4-14H2,1-3H3. The summed E-state index contributed by atoms with van der Waals surface area (Å²) in [5.74, 6) is 0. The quantitative estimate of drug-likeness (QED) is 0.278. The van der Waals surface area contributed by atoms with Crippen molar-refractivity contribution in [3.05, 3.63) is 0 Å². The molecule has 0 fully saturated rings. The fourth-order valence-electron chi connectivity index (χ4n) is 2.04. The smallest absolute Gasteiger partial charge is 0.374 e. The lowest BCUT2D eigenvalue weighted by atomic mass is 10.2. The van der Waals surface area contributed by atoms with Crippen molar-refractivity contribution < 1.29 is 9.53 Å². The Balaban J connectivity index is 4.19. The lowest BCUT2D eigenvalue weighted by Gasteiger charge is -2.24. The Morgan fingerprint density at radius 2 is 1.48 bits per heavy atom. The molecule has 0 saturated heterocycles. The number of unbranched alkanes of at least 4 members (excludes halogenated alkanes) is 6. The first-order valence-electron chi connectivity index (χ1n) is 8.29. The number of ether oxygens (including phenoxy) is 1. The largest absolute Gasteiger partial charge is 0.458 e. The molecule has 0 spiro atoms. The molecule has 0 saturated carbocycles. The van der Waals surface area contributed by atoms with Crippen molar-refractivity contribution in [2.24, 2.45) is 0 Å². The first-order chi connectivity index (χ1) is 10.2. The number of hydrogen-bond donors (Lipinski definition) is 0. The number of thioether (sulfide) groups is 1. The van der Waals surface area contributed by atoms with Crippen molar-refractivity contribution >= 4 is 33.6 Å². The van der Waals surface area contributed by atoms with E-state index in [0.717, 1.165) is 37.7 Å². The minimum Gasteiger partial charge on any atom is -0.458 e. The van der Waals surface area contributed by atoms with E-state index >= 15 is 0 Å². The van der Waals surface area contributed by atoms with Gasteiger partial charge in [0.05, 0.1) is 6.61 Å². The summed E-state index contributed by atoms with van der Waals surface area (Å²) in [6, 6.07) is 0. The van der Waals surface area contributed by atoms with Crippen molar-refractivity contribution in [3.8, 4) is 0 Å². The average Bonchev–Trinajstić information content (AvgIpc) is 2.45. The number of hydrogen-bond acceptors (Lipinski definition) is 4. The summed E-state index contributed by atoms with van der Waals surface area (Å²) in [5, 5.41) is -0.283. The Kier molecular flexibility index (Phi) is 14.4. The highest BCUT2D eigenvalue weighted by Gasteiger charge is 2.14. The minimum absolute atomic E-state index is 0.283. The molecule has 0 N–H and O–H groups in total. The van der Waals surface area contributed by atoms with E-state index in [-0.39, 0.29) is 5.30 Å². The molecule has 0 unspecified atom stereocenters. The molecule has 0 aliphatic carbocycles. The molecule has 0 atom stereocenters. The molecule has 0 rings (SSSR count). The molecule has 0 aromatic rings. The number of thiocarbonyl (C=S) groups is 1. The second-order valence-corrected chi connectivity index (χ2v) is 6.73. The first kappa shape index (κ1) is 20.7. The van der Waals surface area contributed by atoms with Crippen LogP contribution >= 0.6 is 24.0 Å². The molecule has 0 aliphatic rings. The van der Waals surface area contributed by atoms with Gasteiger partial charge in [-0.2, -0.15) is 0 Å². The number of rotatable bonds is 11. The fraction of sp³-hybridized carbons (Fsp3) is 0.875. The van der Waals surface area contributed by atoms with Crippen molar-refractivity contribution in [3.63, 3.8) is 0 Å². The zero-order valence-electron chi connectivity index (χ0n) is 13.9. The van der Waals surface area contributed by atoms with Crippen LogP contribution < -0.4 is 0 Å². The van der Waals surface area contributed by atoms with Crippen LogP contribution in [0.2, 0.25) is 0 Å². The van der Waals surface area contributed by atoms with Crippen LogP contribution in [0.1, 0.15) is 72.1 Å². The first-order valence-corrected chi connectivity index (χ1v) is 9.51. The molecule has 0 bridgehead atoms. The summed E-state index contributed by atoms with van der Waals surface area (Å²) in [7, 11) is 0. The third-order valence-electron chi connectivity index (χ3n) is 3.25. The van der Waals surface area contributed by atoms with Crippen LogP contribution in [0.4, 0.5) is 4.79 Å². The maximum absolute atomic E-state index is 11.5. The number of carbonyl (C=O) groups excluding carboxylic acids is 1. The Hall–Kier alpha value is -0.290. The lowest BCUT2D eigenvalue weighted by molar-refractivity contribution is 0.181. The van der Waals surface area contributed by atoms with Gasteiger partial charge >= 0.3 is 5.30 Å². The molecule has 0 aliphatic heterocycles. The molecule has 124 valence electrons. The Bertz CT molecular complexity index is 273. The van der Waals surface area contributed by atoms with Gasteiger partial charge in [0, 0.05) is 24.9 Å². The predicted octanol–water partition coefficient (Wildman–Crippen LogP) is 5.62. The summed E-state index contributed by atoms with van der Waals surface area (Å²) in [6.45, 7) is 8.55. The Labute approximate surface area is 140 Å². The summed E-state index contributed by atoms with van der Waals surface area (Å²) in [6.07, 6.45) is 9.75. The van der Waals surface area contributed by atoms with Crippen LogP contribution in [0.5, 0.6) is 0 Å². The van der Waals surface area contributed by atoms with Gasteiger partial charge in [-0.15, -0.1) is 0 Å². The zero-order valence-corrected chi connectivity index (χ0v) is 15.5. The third-order valence-corrected chi connectivity index (χ3v) is 4.48. The van der Waals surface area contributed by atoms with E-state index in [1.54, 1.807) is 0 Å². The fourth-order valence-corrected chi connectivity index (χ4v) is 3.05. The molecular weight excluding hydrogens is 302 g/mol. The van der Waals surface area contributed by atoms with Gasteiger partial charge in [-0.1, -0.05) is 64.6 Å². The van der Waals surface area contributed by atoms with E-state index in [9.17, 15) is 4.79 Å². The van der Waals surface area contributed by atoms with Gasteiger partial charge in [-0.25, -0.2) is 4.79 Å². The third kappa shape index (κ3) is 12.0. The van der Waals surface area contributed by atoms with Gasteiger partial charge in [0.15, 0.2) is 0 Å². The van der Waals surface area contributed by atoms with Gasteiger partial charge in [0.25, 0.3) is 0 Å². The number of carbonyl (C=O) groups is 1. The van der Waals surface area contributed by atoms with Crippen molar-refractivity contribution in [1.82, 2.24) is 4.90 Å². The molecule has 0 amide bonds. The van der Waals surface area contributed by atoms with Crippen LogP contribution in [-0.4, -0.2) is 34.2 Å². The Morgan fingerprint density at radius 3 is 1.90 bits per heavy atom. The predicted molar refractivity (Wildman–Crippen MR) is 97.1 cm³/mol.